The lowest BCUT2D eigenvalue weighted by Crippen LogP contribution is -2.42. The molecule has 0 unspecified atom stereocenters. The highest BCUT2D eigenvalue weighted by atomic mass is 35.5. The van der Waals surface area contributed by atoms with Crippen LogP contribution in [-0.4, -0.2) is 47.9 Å². The number of halogens is 1. The van der Waals surface area contributed by atoms with E-state index in [0.29, 0.717) is 42.0 Å². The fourth-order valence-electron chi connectivity index (χ4n) is 3.73. The van der Waals surface area contributed by atoms with Gasteiger partial charge in [0.05, 0.1) is 0 Å². The molecule has 2 heterocycles. The Bertz CT molecular complexity index is 650. The van der Waals surface area contributed by atoms with Crippen molar-refractivity contribution in [1.82, 2.24) is 9.80 Å². The number of nitrogens with one attached hydrogen (secondary N) is 1. The molecule has 5 nitrogen and oxygen atoms in total. The summed E-state index contributed by atoms with van der Waals surface area (Å²) in [7, 11) is 0. The zero-order valence-corrected chi connectivity index (χ0v) is 16.2. The predicted molar refractivity (Wildman–Crippen MR) is 105 cm³/mol. The Labute approximate surface area is 160 Å². The van der Waals surface area contributed by atoms with Gasteiger partial charge in [-0.3, -0.25) is 4.79 Å². The van der Waals surface area contributed by atoms with E-state index in [4.69, 9.17) is 11.6 Å². The number of carbonyl (C=O) groups is 2. The number of piperidine rings is 2. The molecule has 0 atom stereocenters. The van der Waals surface area contributed by atoms with Crippen molar-refractivity contribution in [3.05, 3.63) is 28.8 Å². The minimum absolute atomic E-state index is 0.0919. The summed E-state index contributed by atoms with van der Waals surface area (Å²) in [6, 6.07) is 5.45. The van der Waals surface area contributed by atoms with Gasteiger partial charge in [-0.15, -0.1) is 0 Å². The average Bonchev–Trinajstić information content (AvgIpc) is 2.66. The van der Waals surface area contributed by atoms with Gasteiger partial charge in [0.25, 0.3) is 0 Å². The number of hydrogen-bond donors (Lipinski definition) is 1. The van der Waals surface area contributed by atoms with Gasteiger partial charge >= 0.3 is 6.03 Å². The summed E-state index contributed by atoms with van der Waals surface area (Å²) in [5, 5.41) is 3.57. The van der Waals surface area contributed by atoms with Crippen LogP contribution in [0.25, 0.3) is 0 Å². The average molecular weight is 378 g/mol. The Hall–Kier alpha value is -1.75. The first-order chi connectivity index (χ1) is 12.5. The van der Waals surface area contributed by atoms with E-state index in [1.807, 2.05) is 28.9 Å². The number of urea groups is 1. The Morgan fingerprint density at radius 2 is 1.77 bits per heavy atom. The van der Waals surface area contributed by atoms with Crippen molar-refractivity contribution in [2.75, 3.05) is 31.5 Å². The summed E-state index contributed by atoms with van der Waals surface area (Å²) in [6.07, 6.45) is 5.91. The van der Waals surface area contributed by atoms with Crippen molar-refractivity contribution >= 4 is 29.2 Å². The van der Waals surface area contributed by atoms with Crippen molar-refractivity contribution < 1.29 is 9.59 Å². The minimum Gasteiger partial charge on any atom is -0.343 e. The normalized spacial score (nSPS) is 18.7. The molecule has 0 radical (unpaired) electrons. The lowest BCUT2D eigenvalue weighted by molar-refractivity contribution is -0.133. The Kier molecular flexibility index (Phi) is 6.41. The predicted octanol–water partition coefficient (Wildman–Crippen LogP) is 4.29. The van der Waals surface area contributed by atoms with Crippen LogP contribution in [0.3, 0.4) is 0 Å². The highest BCUT2D eigenvalue weighted by molar-refractivity contribution is 6.31. The van der Waals surface area contributed by atoms with E-state index in [0.717, 1.165) is 44.3 Å². The maximum Gasteiger partial charge on any atom is 0.321 e. The molecule has 142 valence electrons. The maximum absolute atomic E-state index is 12.4. The smallest absolute Gasteiger partial charge is 0.321 e. The van der Waals surface area contributed by atoms with Crippen LogP contribution in [0.2, 0.25) is 5.02 Å². The van der Waals surface area contributed by atoms with Gasteiger partial charge in [-0.2, -0.15) is 0 Å². The van der Waals surface area contributed by atoms with E-state index in [2.05, 4.69) is 5.32 Å². The quantitative estimate of drug-likeness (QED) is 0.853. The first kappa shape index (κ1) is 19.0. The minimum atomic E-state index is -0.0919. The van der Waals surface area contributed by atoms with Gasteiger partial charge < -0.3 is 15.1 Å². The Morgan fingerprint density at radius 3 is 2.42 bits per heavy atom. The SMILES string of the molecule is Cc1ccc(NC(=O)N2CCC(CC(=O)N3CCCCC3)CC2)cc1Cl. The van der Waals surface area contributed by atoms with Gasteiger partial charge in [-0.25, -0.2) is 4.79 Å². The van der Waals surface area contributed by atoms with Gasteiger partial charge in [0.15, 0.2) is 0 Å². The first-order valence-electron chi connectivity index (χ1n) is 9.63. The molecule has 26 heavy (non-hydrogen) atoms. The van der Waals surface area contributed by atoms with Crippen LogP contribution in [0.4, 0.5) is 10.5 Å². The van der Waals surface area contributed by atoms with Gasteiger partial charge in [-0.1, -0.05) is 17.7 Å². The molecule has 2 aliphatic rings. The van der Waals surface area contributed by atoms with Gasteiger partial charge in [0, 0.05) is 43.3 Å². The third-order valence-corrected chi connectivity index (χ3v) is 5.90. The van der Waals surface area contributed by atoms with E-state index in [1.54, 1.807) is 6.07 Å². The molecular formula is C20H28ClN3O2. The molecule has 0 aromatic heterocycles. The highest BCUT2D eigenvalue weighted by Gasteiger charge is 2.26. The number of amides is 3. The van der Waals surface area contributed by atoms with Crippen molar-refractivity contribution in [1.29, 1.82) is 0 Å². The zero-order chi connectivity index (χ0) is 18.5. The summed E-state index contributed by atoms with van der Waals surface area (Å²) in [6.45, 7) is 5.16. The van der Waals surface area contributed by atoms with Crippen LogP contribution in [0, 0.1) is 12.8 Å². The summed E-state index contributed by atoms with van der Waals surface area (Å²) in [4.78, 5) is 28.7. The Morgan fingerprint density at radius 1 is 1.08 bits per heavy atom. The summed E-state index contributed by atoms with van der Waals surface area (Å²) >= 11 is 6.11. The molecule has 3 amide bonds. The monoisotopic (exact) mass is 377 g/mol. The third kappa shape index (κ3) is 4.91. The molecule has 3 rings (SSSR count). The highest BCUT2D eigenvalue weighted by Crippen LogP contribution is 2.24. The molecule has 0 spiro atoms. The van der Waals surface area contributed by atoms with Crippen molar-refractivity contribution in [2.24, 2.45) is 5.92 Å². The van der Waals surface area contributed by atoms with Crippen LogP contribution >= 0.6 is 11.6 Å². The Balaban J connectivity index is 1.44. The van der Waals surface area contributed by atoms with E-state index in [9.17, 15) is 9.59 Å². The molecule has 1 aromatic rings. The standard InChI is InChI=1S/C20H28ClN3O2/c1-15-5-6-17(14-18(15)21)22-20(26)24-11-7-16(8-12-24)13-19(25)23-9-3-2-4-10-23/h5-6,14,16H,2-4,7-13H2,1H3,(H,22,26). The van der Waals surface area contributed by atoms with Crippen LogP contribution < -0.4 is 5.32 Å². The third-order valence-electron chi connectivity index (χ3n) is 5.50. The van der Waals surface area contributed by atoms with Crippen LogP contribution in [0.5, 0.6) is 0 Å². The molecule has 2 saturated heterocycles. The topological polar surface area (TPSA) is 52.7 Å². The molecule has 2 fully saturated rings. The number of rotatable bonds is 3. The largest absolute Gasteiger partial charge is 0.343 e. The van der Waals surface area contributed by atoms with Crippen molar-refractivity contribution in [3.63, 3.8) is 0 Å². The zero-order valence-electron chi connectivity index (χ0n) is 15.5. The van der Waals surface area contributed by atoms with Crippen molar-refractivity contribution in [3.8, 4) is 0 Å². The second-order valence-corrected chi connectivity index (χ2v) is 7.88. The number of likely N-dealkylation sites (tertiary alicyclic amines) is 2. The van der Waals surface area contributed by atoms with Gasteiger partial charge in [0.2, 0.25) is 5.91 Å². The first-order valence-corrected chi connectivity index (χ1v) is 10.0. The molecule has 0 saturated carbocycles. The fourth-order valence-corrected chi connectivity index (χ4v) is 3.91. The molecule has 1 aromatic carbocycles. The number of carbonyl (C=O) groups excluding carboxylic acids is 2. The van der Waals surface area contributed by atoms with Crippen LogP contribution in [0.15, 0.2) is 18.2 Å². The molecule has 2 aliphatic heterocycles. The molecule has 1 N–H and O–H groups in total. The van der Waals surface area contributed by atoms with Gasteiger partial charge in [0.1, 0.15) is 0 Å². The molecule has 6 heteroatoms. The lowest BCUT2D eigenvalue weighted by atomic mass is 9.93. The second-order valence-electron chi connectivity index (χ2n) is 7.47. The van der Waals surface area contributed by atoms with E-state index >= 15 is 0 Å². The van der Waals surface area contributed by atoms with Gasteiger partial charge in [-0.05, 0) is 62.6 Å². The number of benzene rings is 1. The molecular weight excluding hydrogens is 350 g/mol. The number of anilines is 1. The molecule has 0 aliphatic carbocycles. The number of aryl methyl sites for hydroxylation is 1. The van der Waals surface area contributed by atoms with E-state index in [-0.39, 0.29) is 6.03 Å². The summed E-state index contributed by atoms with van der Waals surface area (Å²) in [5.74, 6) is 0.684. The number of nitrogens with zero attached hydrogens (tertiary/aromatic N) is 2. The fraction of sp³-hybridized carbons (Fsp3) is 0.600. The second kappa shape index (κ2) is 8.76. The lowest BCUT2D eigenvalue weighted by Gasteiger charge is -2.33. The summed E-state index contributed by atoms with van der Waals surface area (Å²) in [5.41, 5.74) is 1.71. The van der Waals surface area contributed by atoms with Crippen LogP contribution in [-0.2, 0) is 4.79 Å². The van der Waals surface area contributed by atoms with E-state index in [1.165, 1.54) is 6.42 Å². The molecule has 0 bridgehead atoms. The van der Waals surface area contributed by atoms with Crippen molar-refractivity contribution in [2.45, 2.75) is 45.4 Å². The van der Waals surface area contributed by atoms with E-state index < -0.39 is 0 Å². The van der Waals surface area contributed by atoms with Crippen LogP contribution in [0.1, 0.15) is 44.1 Å². The summed E-state index contributed by atoms with van der Waals surface area (Å²) < 4.78 is 0. The number of hydrogen-bond acceptors (Lipinski definition) is 2. The maximum atomic E-state index is 12.4.